The van der Waals surface area contributed by atoms with Crippen molar-refractivity contribution in [3.05, 3.63) is 47.7 Å². The molecule has 1 aromatic heterocycles. The lowest BCUT2D eigenvalue weighted by Crippen LogP contribution is -2.31. The summed E-state index contributed by atoms with van der Waals surface area (Å²) in [6.45, 7) is 0.957. The predicted molar refractivity (Wildman–Crippen MR) is 70.8 cm³/mol. The first-order valence-corrected chi connectivity index (χ1v) is 6.19. The van der Waals surface area contributed by atoms with Gasteiger partial charge >= 0.3 is 6.18 Å². The highest BCUT2D eigenvalue weighted by Gasteiger charge is 2.38. The van der Waals surface area contributed by atoms with Gasteiger partial charge in [0.05, 0.1) is 6.20 Å². The first-order chi connectivity index (χ1) is 9.38. The van der Waals surface area contributed by atoms with Crippen molar-refractivity contribution < 1.29 is 17.9 Å². The zero-order chi connectivity index (χ0) is 14.8. The molecule has 0 amide bonds. The highest BCUT2D eigenvalue weighted by Crippen LogP contribution is 2.33. The Morgan fingerprint density at radius 3 is 2.40 bits per heavy atom. The lowest BCUT2D eigenvalue weighted by Gasteiger charge is -2.19. The van der Waals surface area contributed by atoms with E-state index >= 15 is 0 Å². The molecule has 0 aliphatic rings. The van der Waals surface area contributed by atoms with E-state index in [0.29, 0.717) is 16.1 Å². The predicted octanol–water partition coefficient (Wildman–Crippen LogP) is 4.73. The minimum Gasteiger partial charge on any atom is -0.479 e. The number of benzene rings is 1. The number of aromatic nitrogens is 1. The molecule has 0 N–H and O–H groups in total. The van der Waals surface area contributed by atoms with Gasteiger partial charge in [-0.3, -0.25) is 4.98 Å². The smallest absolute Gasteiger partial charge is 0.425 e. The maximum absolute atomic E-state index is 12.6. The molecule has 2 rings (SSSR count). The molecule has 6 heteroatoms. The van der Waals surface area contributed by atoms with Gasteiger partial charge < -0.3 is 4.74 Å². The number of pyridine rings is 1. The van der Waals surface area contributed by atoms with Crippen LogP contribution in [0.25, 0.3) is 11.1 Å². The van der Waals surface area contributed by atoms with Crippen molar-refractivity contribution in [3.63, 3.8) is 0 Å². The van der Waals surface area contributed by atoms with Crippen LogP contribution in [0, 0.1) is 0 Å². The summed E-state index contributed by atoms with van der Waals surface area (Å²) >= 11 is 5.79. The summed E-state index contributed by atoms with van der Waals surface area (Å²) < 4.78 is 42.7. The Bertz CT molecular complexity index is 584. The van der Waals surface area contributed by atoms with E-state index in [1.807, 2.05) is 0 Å². The number of ether oxygens (including phenoxy) is 1. The fourth-order valence-electron chi connectivity index (χ4n) is 1.60. The second-order valence-corrected chi connectivity index (χ2v) is 4.62. The van der Waals surface area contributed by atoms with Crippen molar-refractivity contribution in [2.45, 2.75) is 19.2 Å². The van der Waals surface area contributed by atoms with Gasteiger partial charge in [-0.15, -0.1) is 0 Å². The first kappa shape index (κ1) is 14.7. The summed E-state index contributed by atoms with van der Waals surface area (Å²) in [4.78, 5) is 3.81. The van der Waals surface area contributed by atoms with Crippen molar-refractivity contribution in [2.24, 2.45) is 0 Å². The molecule has 2 aromatic rings. The maximum Gasteiger partial charge on any atom is 0.425 e. The largest absolute Gasteiger partial charge is 0.479 e. The molecule has 0 aliphatic heterocycles. The van der Waals surface area contributed by atoms with E-state index < -0.39 is 12.3 Å². The summed E-state index contributed by atoms with van der Waals surface area (Å²) in [6, 6.07) is 8.34. The molecule has 0 saturated heterocycles. The monoisotopic (exact) mass is 301 g/mol. The molecular formula is C14H11ClF3NO. The molecule has 1 atom stereocenters. The Hall–Kier alpha value is -1.75. The zero-order valence-corrected chi connectivity index (χ0v) is 11.2. The molecule has 0 spiro atoms. The number of alkyl halides is 3. The first-order valence-electron chi connectivity index (χ1n) is 5.81. The number of nitrogens with zero attached hydrogens (tertiary/aromatic N) is 1. The van der Waals surface area contributed by atoms with Gasteiger partial charge in [0.15, 0.2) is 6.10 Å². The molecule has 0 saturated carbocycles. The second-order valence-electron chi connectivity index (χ2n) is 4.18. The van der Waals surface area contributed by atoms with Crippen LogP contribution in [0.1, 0.15) is 6.92 Å². The van der Waals surface area contributed by atoms with Gasteiger partial charge in [0.25, 0.3) is 0 Å². The summed E-state index contributed by atoms with van der Waals surface area (Å²) in [6.07, 6.45) is -3.56. The van der Waals surface area contributed by atoms with Crippen molar-refractivity contribution in [2.75, 3.05) is 0 Å². The van der Waals surface area contributed by atoms with Crippen LogP contribution >= 0.6 is 11.6 Å². The molecule has 0 radical (unpaired) electrons. The lowest BCUT2D eigenvalue weighted by molar-refractivity contribution is -0.189. The van der Waals surface area contributed by atoms with E-state index in [-0.39, 0.29) is 5.75 Å². The topological polar surface area (TPSA) is 22.1 Å². The molecule has 0 aliphatic carbocycles. The third kappa shape index (κ3) is 3.42. The fraction of sp³-hybridized carbons (Fsp3) is 0.214. The van der Waals surface area contributed by atoms with Crippen molar-refractivity contribution in [3.8, 4) is 16.9 Å². The number of halogens is 4. The molecule has 1 aromatic carbocycles. The van der Waals surface area contributed by atoms with Gasteiger partial charge in [-0.05, 0) is 30.7 Å². The van der Waals surface area contributed by atoms with Gasteiger partial charge in [0.1, 0.15) is 5.75 Å². The lowest BCUT2D eigenvalue weighted by atomic mass is 10.1. The van der Waals surface area contributed by atoms with E-state index in [9.17, 15) is 13.2 Å². The Morgan fingerprint density at radius 1 is 1.15 bits per heavy atom. The van der Waals surface area contributed by atoms with Crippen LogP contribution in [0.3, 0.4) is 0 Å². The average Bonchev–Trinajstić information content (AvgIpc) is 2.39. The Labute approximate surface area is 119 Å². The SMILES string of the molecule is C[C@H](Oc1cnccc1-c1ccc(Cl)cc1)C(F)(F)F. The van der Waals surface area contributed by atoms with Crippen LogP contribution in [-0.4, -0.2) is 17.3 Å². The van der Waals surface area contributed by atoms with Crippen LogP contribution in [0.2, 0.25) is 5.02 Å². The quantitative estimate of drug-likeness (QED) is 0.817. The maximum atomic E-state index is 12.6. The van der Waals surface area contributed by atoms with Crippen LogP contribution in [-0.2, 0) is 0 Å². The Balaban J connectivity index is 2.33. The van der Waals surface area contributed by atoms with Gasteiger partial charge in [-0.1, -0.05) is 23.7 Å². The number of hydrogen-bond donors (Lipinski definition) is 0. The van der Waals surface area contributed by atoms with Gasteiger partial charge in [0, 0.05) is 16.8 Å². The zero-order valence-electron chi connectivity index (χ0n) is 10.5. The minimum absolute atomic E-state index is 0.0830. The molecule has 0 fully saturated rings. The third-order valence-corrected chi connectivity index (χ3v) is 2.96. The van der Waals surface area contributed by atoms with Gasteiger partial charge in [-0.25, -0.2) is 0 Å². The summed E-state index contributed by atoms with van der Waals surface area (Å²) in [5.74, 6) is 0.0830. The highest BCUT2D eigenvalue weighted by atomic mass is 35.5. The number of rotatable bonds is 3. The molecule has 20 heavy (non-hydrogen) atoms. The summed E-state index contributed by atoms with van der Waals surface area (Å²) in [5, 5.41) is 0.550. The van der Waals surface area contributed by atoms with Crippen molar-refractivity contribution in [1.82, 2.24) is 4.98 Å². The average molecular weight is 302 g/mol. The molecule has 106 valence electrons. The Kier molecular flexibility index (Phi) is 4.18. The second kappa shape index (κ2) is 5.71. The molecule has 0 bridgehead atoms. The molecule has 2 nitrogen and oxygen atoms in total. The van der Waals surface area contributed by atoms with E-state index in [1.165, 1.54) is 12.4 Å². The molecule has 0 unspecified atom stereocenters. The van der Waals surface area contributed by atoms with Gasteiger partial charge in [-0.2, -0.15) is 13.2 Å². The summed E-state index contributed by atoms with van der Waals surface area (Å²) in [7, 11) is 0. The highest BCUT2D eigenvalue weighted by molar-refractivity contribution is 6.30. The van der Waals surface area contributed by atoms with Gasteiger partial charge in [0.2, 0.25) is 0 Å². The van der Waals surface area contributed by atoms with Crippen molar-refractivity contribution in [1.29, 1.82) is 0 Å². The van der Waals surface area contributed by atoms with E-state index in [1.54, 1.807) is 30.3 Å². The van der Waals surface area contributed by atoms with Crippen LogP contribution in [0.15, 0.2) is 42.7 Å². The van der Waals surface area contributed by atoms with E-state index in [4.69, 9.17) is 16.3 Å². The van der Waals surface area contributed by atoms with Crippen LogP contribution in [0.4, 0.5) is 13.2 Å². The van der Waals surface area contributed by atoms with Crippen LogP contribution in [0.5, 0.6) is 5.75 Å². The molecule has 1 heterocycles. The van der Waals surface area contributed by atoms with E-state index in [0.717, 1.165) is 6.92 Å². The Morgan fingerprint density at radius 2 is 1.80 bits per heavy atom. The fourth-order valence-corrected chi connectivity index (χ4v) is 1.73. The minimum atomic E-state index is -4.42. The third-order valence-electron chi connectivity index (χ3n) is 2.70. The summed E-state index contributed by atoms with van der Waals surface area (Å²) in [5.41, 5.74) is 1.24. The van der Waals surface area contributed by atoms with Crippen LogP contribution < -0.4 is 4.74 Å². The van der Waals surface area contributed by atoms with E-state index in [2.05, 4.69) is 4.98 Å². The standard InChI is InChI=1S/C14H11ClF3NO/c1-9(14(16,17)18)20-13-8-19-7-6-12(13)10-2-4-11(15)5-3-10/h2-9H,1H3/t9-/m0/s1. The number of hydrogen-bond acceptors (Lipinski definition) is 2. The normalized spacial score (nSPS) is 13.1. The molecular weight excluding hydrogens is 291 g/mol. The van der Waals surface area contributed by atoms with Crippen molar-refractivity contribution >= 4 is 11.6 Å².